The van der Waals surface area contributed by atoms with E-state index in [1.807, 2.05) is 32.9 Å². The lowest BCUT2D eigenvalue weighted by molar-refractivity contribution is 0.254. The molecule has 0 bridgehead atoms. The van der Waals surface area contributed by atoms with E-state index in [9.17, 15) is 4.57 Å². The van der Waals surface area contributed by atoms with E-state index in [1.54, 1.807) is 36.7 Å². The molecular weight excluding hydrogens is 305 g/mol. The summed E-state index contributed by atoms with van der Waals surface area (Å²) in [6, 6.07) is 7.39. The minimum atomic E-state index is -3.27. The van der Waals surface area contributed by atoms with Crippen molar-refractivity contribution in [3.8, 4) is 0 Å². The van der Waals surface area contributed by atoms with E-state index in [1.165, 1.54) is 0 Å². The summed E-state index contributed by atoms with van der Waals surface area (Å²) in [5.41, 5.74) is 2.61. The SMILES string of the molecule is C=Cc1ccc(C)c(P(=O)(OC(C)C)c2ccncc2)c1C=C. The summed E-state index contributed by atoms with van der Waals surface area (Å²) in [4.78, 5) is 4.02. The van der Waals surface area contributed by atoms with Crippen molar-refractivity contribution in [3.05, 3.63) is 66.5 Å². The van der Waals surface area contributed by atoms with Crippen molar-refractivity contribution in [2.45, 2.75) is 26.9 Å². The van der Waals surface area contributed by atoms with Gasteiger partial charge in [-0.3, -0.25) is 9.55 Å². The second-order valence-electron chi connectivity index (χ2n) is 5.55. The van der Waals surface area contributed by atoms with Crippen LogP contribution in [0.25, 0.3) is 12.2 Å². The third-order valence-corrected chi connectivity index (χ3v) is 6.41. The van der Waals surface area contributed by atoms with Crippen LogP contribution >= 0.6 is 7.37 Å². The molecule has 1 atom stereocenters. The van der Waals surface area contributed by atoms with Crippen LogP contribution in [-0.2, 0) is 9.09 Å². The maximum absolute atomic E-state index is 14.0. The molecule has 0 fully saturated rings. The van der Waals surface area contributed by atoms with Crippen LogP contribution in [0.1, 0.15) is 30.5 Å². The zero-order valence-corrected chi connectivity index (χ0v) is 14.7. The summed E-state index contributed by atoms with van der Waals surface area (Å²) in [5.74, 6) is 0. The van der Waals surface area contributed by atoms with Crippen molar-refractivity contribution in [2.75, 3.05) is 0 Å². The smallest absolute Gasteiger partial charge is 0.262 e. The molecule has 1 unspecified atom stereocenters. The molecule has 3 nitrogen and oxygen atoms in total. The zero-order chi connectivity index (χ0) is 17.0. The number of pyridine rings is 1. The topological polar surface area (TPSA) is 39.2 Å². The zero-order valence-electron chi connectivity index (χ0n) is 13.8. The second kappa shape index (κ2) is 7.08. The van der Waals surface area contributed by atoms with Gasteiger partial charge in [0.15, 0.2) is 0 Å². The van der Waals surface area contributed by atoms with Crippen LogP contribution in [0.5, 0.6) is 0 Å². The van der Waals surface area contributed by atoms with Crippen molar-refractivity contribution in [3.63, 3.8) is 0 Å². The quantitative estimate of drug-likeness (QED) is 0.741. The molecule has 0 saturated carbocycles. The minimum Gasteiger partial charge on any atom is -0.319 e. The average molecular weight is 327 g/mol. The number of nitrogens with zero attached hydrogens (tertiary/aromatic N) is 1. The Morgan fingerprint density at radius 1 is 1.13 bits per heavy atom. The molecule has 23 heavy (non-hydrogen) atoms. The molecule has 0 radical (unpaired) electrons. The first kappa shape index (κ1) is 17.4. The fraction of sp³-hybridized carbons (Fsp3) is 0.211. The summed E-state index contributed by atoms with van der Waals surface area (Å²) in [5, 5.41) is 1.32. The number of aryl methyl sites for hydroxylation is 1. The molecule has 0 aliphatic rings. The normalized spacial score (nSPS) is 13.6. The summed E-state index contributed by atoms with van der Waals surface area (Å²) >= 11 is 0. The summed E-state index contributed by atoms with van der Waals surface area (Å²) in [6.07, 6.45) is 6.54. The third kappa shape index (κ3) is 3.36. The summed E-state index contributed by atoms with van der Waals surface area (Å²) < 4.78 is 19.9. The standard InChI is InChI=1S/C19H22NO2P/c1-6-16-9-8-15(5)19(18(16)7-2)23(21,22-14(3)4)17-10-12-20-13-11-17/h6-14H,1-2H2,3-5H3. The molecule has 120 valence electrons. The van der Waals surface area contributed by atoms with Gasteiger partial charge in [0.1, 0.15) is 0 Å². The number of benzene rings is 1. The van der Waals surface area contributed by atoms with Crippen molar-refractivity contribution in [2.24, 2.45) is 0 Å². The Kier molecular flexibility index (Phi) is 5.35. The molecule has 0 amide bonds. The second-order valence-corrected chi connectivity index (χ2v) is 7.83. The van der Waals surface area contributed by atoms with Crippen LogP contribution < -0.4 is 10.6 Å². The van der Waals surface area contributed by atoms with E-state index in [0.717, 1.165) is 16.7 Å². The highest BCUT2D eigenvalue weighted by Gasteiger charge is 2.34. The van der Waals surface area contributed by atoms with Gasteiger partial charge < -0.3 is 4.52 Å². The van der Waals surface area contributed by atoms with Crippen LogP contribution in [0.2, 0.25) is 0 Å². The highest BCUT2D eigenvalue weighted by molar-refractivity contribution is 7.74. The van der Waals surface area contributed by atoms with Crippen LogP contribution in [0, 0.1) is 6.92 Å². The predicted octanol–water partition coefficient (Wildman–Crippen LogP) is 4.33. The Hall–Kier alpha value is -1.96. The number of hydrogen-bond donors (Lipinski definition) is 0. The van der Waals surface area contributed by atoms with E-state index in [0.29, 0.717) is 10.6 Å². The molecule has 0 aliphatic carbocycles. The van der Waals surface area contributed by atoms with Crippen LogP contribution in [-0.4, -0.2) is 11.1 Å². The van der Waals surface area contributed by atoms with Crippen LogP contribution in [0.15, 0.2) is 49.8 Å². The largest absolute Gasteiger partial charge is 0.319 e. The lowest BCUT2D eigenvalue weighted by Crippen LogP contribution is -2.25. The first-order valence-corrected chi connectivity index (χ1v) is 9.14. The summed E-state index contributed by atoms with van der Waals surface area (Å²) in [7, 11) is -3.27. The predicted molar refractivity (Wildman–Crippen MR) is 98.7 cm³/mol. The number of rotatable bonds is 6. The van der Waals surface area contributed by atoms with Crippen molar-refractivity contribution < 1.29 is 9.09 Å². The minimum absolute atomic E-state index is 0.182. The van der Waals surface area contributed by atoms with E-state index >= 15 is 0 Å². The Labute approximate surface area is 138 Å². The van der Waals surface area contributed by atoms with E-state index in [4.69, 9.17) is 4.52 Å². The molecule has 1 aromatic heterocycles. The Balaban J connectivity index is 2.83. The van der Waals surface area contributed by atoms with Gasteiger partial charge in [-0.2, -0.15) is 0 Å². The average Bonchev–Trinajstić information content (AvgIpc) is 2.54. The Morgan fingerprint density at radius 2 is 1.78 bits per heavy atom. The fourth-order valence-electron chi connectivity index (χ4n) is 2.60. The number of hydrogen-bond acceptors (Lipinski definition) is 3. The van der Waals surface area contributed by atoms with Crippen LogP contribution in [0.3, 0.4) is 0 Å². The van der Waals surface area contributed by atoms with Gasteiger partial charge in [-0.25, -0.2) is 0 Å². The highest BCUT2D eigenvalue weighted by atomic mass is 31.2. The first-order valence-electron chi connectivity index (χ1n) is 7.52. The van der Waals surface area contributed by atoms with Crippen molar-refractivity contribution in [1.82, 2.24) is 4.98 Å². The van der Waals surface area contributed by atoms with Gasteiger partial charge in [0.2, 0.25) is 0 Å². The van der Waals surface area contributed by atoms with E-state index < -0.39 is 7.37 Å². The molecule has 0 N–H and O–H groups in total. The molecule has 0 saturated heterocycles. The van der Waals surface area contributed by atoms with Gasteiger partial charge in [0, 0.05) is 17.7 Å². The van der Waals surface area contributed by atoms with Gasteiger partial charge in [0.05, 0.1) is 11.4 Å². The molecule has 0 spiro atoms. The van der Waals surface area contributed by atoms with Crippen molar-refractivity contribution >= 4 is 30.1 Å². The van der Waals surface area contributed by atoms with Gasteiger partial charge >= 0.3 is 0 Å². The molecule has 4 heteroatoms. The highest BCUT2D eigenvalue weighted by Crippen LogP contribution is 2.48. The Bertz CT molecular complexity index is 766. The maximum atomic E-state index is 14.0. The lowest BCUT2D eigenvalue weighted by Gasteiger charge is -2.25. The summed E-state index contributed by atoms with van der Waals surface area (Å²) in [6.45, 7) is 13.4. The van der Waals surface area contributed by atoms with Gasteiger partial charge in [-0.1, -0.05) is 37.4 Å². The van der Waals surface area contributed by atoms with Gasteiger partial charge in [-0.15, -0.1) is 0 Å². The molecule has 2 rings (SSSR count). The fourth-order valence-corrected chi connectivity index (χ4v) is 5.28. The third-order valence-electron chi connectivity index (χ3n) is 3.53. The monoisotopic (exact) mass is 327 g/mol. The van der Waals surface area contributed by atoms with E-state index in [-0.39, 0.29) is 6.10 Å². The van der Waals surface area contributed by atoms with Crippen LogP contribution in [0.4, 0.5) is 0 Å². The maximum Gasteiger partial charge on any atom is 0.262 e. The molecular formula is C19H22NO2P. The van der Waals surface area contributed by atoms with Gasteiger partial charge in [-0.05, 0) is 49.6 Å². The Morgan fingerprint density at radius 3 is 2.30 bits per heavy atom. The van der Waals surface area contributed by atoms with E-state index in [2.05, 4.69) is 18.1 Å². The van der Waals surface area contributed by atoms with Crippen molar-refractivity contribution in [1.29, 1.82) is 0 Å². The lowest BCUT2D eigenvalue weighted by atomic mass is 10.0. The van der Waals surface area contributed by atoms with Gasteiger partial charge in [0.25, 0.3) is 7.37 Å². The molecule has 1 heterocycles. The first-order chi connectivity index (χ1) is 10.9. The molecule has 2 aromatic rings. The molecule has 1 aromatic carbocycles. The number of aromatic nitrogens is 1. The molecule has 0 aliphatic heterocycles.